The summed E-state index contributed by atoms with van der Waals surface area (Å²) in [7, 11) is 3.19. The summed E-state index contributed by atoms with van der Waals surface area (Å²) in [6, 6.07) is 12.2. The minimum atomic E-state index is 0.196. The number of phenols is 1. The predicted octanol–water partition coefficient (Wildman–Crippen LogP) is 3.26. The van der Waals surface area contributed by atoms with Gasteiger partial charge in [0.1, 0.15) is 22.9 Å². The average molecular weight is 363 g/mol. The van der Waals surface area contributed by atoms with E-state index in [0.717, 1.165) is 11.3 Å². The van der Waals surface area contributed by atoms with Crippen molar-refractivity contribution in [3.63, 3.8) is 0 Å². The maximum absolute atomic E-state index is 9.49. The maximum Gasteiger partial charge on any atom is 0.247 e. The largest absolute Gasteiger partial charge is 0.508 e. The summed E-state index contributed by atoms with van der Waals surface area (Å²) >= 11 is 0. The van der Waals surface area contributed by atoms with Gasteiger partial charge in [-0.15, -0.1) is 5.10 Å². The van der Waals surface area contributed by atoms with E-state index >= 15 is 0 Å². The van der Waals surface area contributed by atoms with E-state index in [1.807, 2.05) is 12.1 Å². The second-order valence-corrected chi connectivity index (χ2v) is 5.75. The number of nitrogens with zero attached hydrogens (tertiary/aromatic N) is 4. The second kappa shape index (κ2) is 6.83. The second-order valence-electron chi connectivity index (χ2n) is 5.75. The number of benzene rings is 2. The lowest BCUT2D eigenvalue weighted by molar-refractivity contribution is 0.395. The van der Waals surface area contributed by atoms with Gasteiger partial charge in [0.05, 0.1) is 14.2 Å². The van der Waals surface area contributed by atoms with Crippen LogP contribution in [0.1, 0.15) is 0 Å². The molecule has 0 unspecified atom stereocenters. The summed E-state index contributed by atoms with van der Waals surface area (Å²) in [5, 5.41) is 17.1. The Kier molecular flexibility index (Phi) is 4.21. The van der Waals surface area contributed by atoms with Crippen molar-refractivity contribution in [2.75, 3.05) is 19.5 Å². The average Bonchev–Trinajstić information content (AvgIpc) is 3.10. The first kappa shape index (κ1) is 16.6. The SMILES string of the molecule is COc1cc(Nc2nc3c(-c4ccc(O)cc4)nccn3n2)cc(OC)c1. The van der Waals surface area contributed by atoms with Gasteiger partial charge in [-0.3, -0.25) is 4.98 Å². The molecule has 8 heteroatoms. The lowest BCUT2D eigenvalue weighted by Crippen LogP contribution is -1.95. The first-order valence-corrected chi connectivity index (χ1v) is 8.17. The highest BCUT2D eigenvalue weighted by atomic mass is 16.5. The Morgan fingerprint density at radius 2 is 1.70 bits per heavy atom. The Morgan fingerprint density at radius 3 is 2.37 bits per heavy atom. The number of ether oxygens (including phenoxy) is 2. The molecule has 136 valence electrons. The van der Waals surface area contributed by atoms with Crippen LogP contribution in [0, 0.1) is 0 Å². The molecule has 2 heterocycles. The monoisotopic (exact) mass is 363 g/mol. The zero-order chi connectivity index (χ0) is 18.8. The van der Waals surface area contributed by atoms with Gasteiger partial charge in [-0.05, 0) is 24.3 Å². The van der Waals surface area contributed by atoms with Crippen molar-refractivity contribution in [2.45, 2.75) is 0 Å². The van der Waals surface area contributed by atoms with Crippen molar-refractivity contribution in [1.29, 1.82) is 0 Å². The fraction of sp³-hybridized carbons (Fsp3) is 0.105. The molecule has 0 saturated heterocycles. The highest BCUT2D eigenvalue weighted by Gasteiger charge is 2.12. The van der Waals surface area contributed by atoms with Crippen LogP contribution in [-0.2, 0) is 0 Å². The third-order valence-corrected chi connectivity index (χ3v) is 4.00. The van der Waals surface area contributed by atoms with E-state index in [1.165, 1.54) is 0 Å². The molecule has 2 aromatic carbocycles. The number of aromatic hydroxyl groups is 1. The molecule has 0 aliphatic heterocycles. The number of aromatic nitrogens is 4. The van der Waals surface area contributed by atoms with Gasteiger partial charge in [-0.25, -0.2) is 4.52 Å². The molecule has 0 aliphatic rings. The normalized spacial score (nSPS) is 10.7. The quantitative estimate of drug-likeness (QED) is 0.562. The van der Waals surface area contributed by atoms with Gasteiger partial charge in [0.2, 0.25) is 5.95 Å². The summed E-state index contributed by atoms with van der Waals surface area (Å²) in [5.74, 6) is 1.93. The molecule has 0 bridgehead atoms. The third kappa shape index (κ3) is 3.32. The van der Waals surface area contributed by atoms with Crippen LogP contribution in [0.3, 0.4) is 0 Å². The smallest absolute Gasteiger partial charge is 0.247 e. The Balaban J connectivity index is 1.72. The predicted molar refractivity (Wildman–Crippen MR) is 101 cm³/mol. The molecular weight excluding hydrogens is 346 g/mol. The van der Waals surface area contributed by atoms with Crippen LogP contribution in [0.25, 0.3) is 16.9 Å². The lowest BCUT2D eigenvalue weighted by atomic mass is 10.1. The van der Waals surface area contributed by atoms with E-state index in [1.54, 1.807) is 61.5 Å². The highest BCUT2D eigenvalue weighted by molar-refractivity contribution is 5.75. The first-order chi connectivity index (χ1) is 13.2. The lowest BCUT2D eigenvalue weighted by Gasteiger charge is -2.08. The third-order valence-electron chi connectivity index (χ3n) is 4.00. The molecule has 4 rings (SSSR count). The van der Waals surface area contributed by atoms with E-state index in [4.69, 9.17) is 9.47 Å². The Hall–Kier alpha value is -3.81. The highest BCUT2D eigenvalue weighted by Crippen LogP contribution is 2.28. The van der Waals surface area contributed by atoms with Crippen molar-refractivity contribution in [1.82, 2.24) is 19.6 Å². The van der Waals surface area contributed by atoms with Gasteiger partial charge >= 0.3 is 0 Å². The molecule has 0 saturated carbocycles. The number of nitrogens with one attached hydrogen (secondary N) is 1. The van der Waals surface area contributed by atoms with Gasteiger partial charge in [-0.1, -0.05) is 0 Å². The van der Waals surface area contributed by atoms with Crippen LogP contribution >= 0.6 is 0 Å². The molecule has 0 fully saturated rings. The molecule has 0 atom stereocenters. The summed E-state index contributed by atoms with van der Waals surface area (Å²) in [6.07, 6.45) is 3.38. The molecule has 2 N–H and O–H groups in total. The summed E-state index contributed by atoms with van der Waals surface area (Å²) in [4.78, 5) is 8.96. The summed E-state index contributed by atoms with van der Waals surface area (Å²) in [6.45, 7) is 0. The van der Waals surface area contributed by atoms with E-state index in [-0.39, 0.29) is 5.75 Å². The van der Waals surface area contributed by atoms with Crippen molar-refractivity contribution in [3.8, 4) is 28.5 Å². The molecule has 0 amide bonds. The number of anilines is 2. The number of methoxy groups -OCH3 is 2. The fourth-order valence-electron chi connectivity index (χ4n) is 2.70. The van der Waals surface area contributed by atoms with Crippen molar-refractivity contribution >= 4 is 17.3 Å². The van der Waals surface area contributed by atoms with E-state index < -0.39 is 0 Å². The number of phenolic OH excluding ortho intramolecular Hbond substituents is 1. The van der Waals surface area contributed by atoms with Crippen LogP contribution in [-0.4, -0.2) is 38.9 Å². The standard InChI is InChI=1S/C19H17N5O3/c1-26-15-9-13(10-16(11-15)27-2)21-19-22-18-17(20-7-8-24(18)23-19)12-3-5-14(25)6-4-12/h3-11,25H,1-2H3,(H,21,23). The Labute approximate surface area is 155 Å². The Bertz CT molecular complexity index is 1070. The zero-order valence-electron chi connectivity index (χ0n) is 14.7. The Morgan fingerprint density at radius 1 is 1.00 bits per heavy atom. The number of hydrogen-bond acceptors (Lipinski definition) is 7. The van der Waals surface area contributed by atoms with Crippen LogP contribution < -0.4 is 14.8 Å². The van der Waals surface area contributed by atoms with Gasteiger partial charge in [0.25, 0.3) is 0 Å². The van der Waals surface area contributed by atoms with Gasteiger partial charge in [0.15, 0.2) is 5.65 Å². The fourth-order valence-corrected chi connectivity index (χ4v) is 2.70. The molecule has 4 aromatic rings. The van der Waals surface area contributed by atoms with Crippen LogP contribution in [0.15, 0.2) is 54.9 Å². The van der Waals surface area contributed by atoms with Crippen LogP contribution in [0.2, 0.25) is 0 Å². The minimum absolute atomic E-state index is 0.196. The van der Waals surface area contributed by atoms with Crippen molar-refractivity contribution in [2.24, 2.45) is 0 Å². The first-order valence-electron chi connectivity index (χ1n) is 8.17. The molecule has 27 heavy (non-hydrogen) atoms. The minimum Gasteiger partial charge on any atom is -0.508 e. The molecule has 0 spiro atoms. The molecule has 8 nitrogen and oxygen atoms in total. The van der Waals surface area contributed by atoms with E-state index in [2.05, 4.69) is 20.4 Å². The summed E-state index contributed by atoms with van der Waals surface area (Å²) < 4.78 is 12.2. The van der Waals surface area contributed by atoms with Gasteiger partial charge < -0.3 is 19.9 Å². The molecular formula is C19H17N5O3. The maximum atomic E-state index is 9.49. The molecule has 2 aromatic heterocycles. The van der Waals surface area contributed by atoms with E-state index in [9.17, 15) is 5.11 Å². The van der Waals surface area contributed by atoms with E-state index in [0.29, 0.717) is 28.8 Å². The number of fused-ring (bicyclic) bond motifs is 1. The van der Waals surface area contributed by atoms with Gasteiger partial charge in [0, 0.05) is 41.8 Å². The summed E-state index contributed by atoms with van der Waals surface area (Å²) in [5.41, 5.74) is 2.84. The topological polar surface area (TPSA) is 93.8 Å². The van der Waals surface area contributed by atoms with Crippen molar-refractivity contribution < 1.29 is 14.6 Å². The zero-order valence-corrected chi connectivity index (χ0v) is 14.7. The van der Waals surface area contributed by atoms with Gasteiger partial charge in [-0.2, -0.15) is 4.98 Å². The number of rotatable bonds is 5. The van der Waals surface area contributed by atoms with Crippen LogP contribution in [0.4, 0.5) is 11.6 Å². The van der Waals surface area contributed by atoms with Crippen LogP contribution in [0.5, 0.6) is 17.2 Å². The number of hydrogen-bond donors (Lipinski definition) is 2. The van der Waals surface area contributed by atoms with Crippen molar-refractivity contribution in [3.05, 3.63) is 54.9 Å². The molecule has 0 aliphatic carbocycles. The molecule has 0 radical (unpaired) electrons.